The summed E-state index contributed by atoms with van der Waals surface area (Å²) in [6.07, 6.45) is 4.14. The molecule has 18 heavy (non-hydrogen) atoms. The lowest BCUT2D eigenvalue weighted by atomic mass is 10.0. The van der Waals surface area contributed by atoms with E-state index in [2.05, 4.69) is 42.0 Å². The number of hydrogen-bond acceptors (Lipinski definition) is 2. The van der Waals surface area contributed by atoms with Gasteiger partial charge in [-0.15, -0.1) is 0 Å². The van der Waals surface area contributed by atoms with Gasteiger partial charge in [0, 0.05) is 37.3 Å². The fourth-order valence-corrected chi connectivity index (χ4v) is 2.65. The predicted molar refractivity (Wildman–Crippen MR) is 71.3 cm³/mol. The Morgan fingerprint density at radius 1 is 1.39 bits per heavy atom. The van der Waals surface area contributed by atoms with Crippen molar-refractivity contribution in [2.75, 3.05) is 6.61 Å². The minimum absolute atomic E-state index is 0.275. The molecule has 0 fully saturated rings. The molecule has 3 rings (SSSR count). The average Bonchev–Trinajstić information content (AvgIpc) is 2.81. The van der Waals surface area contributed by atoms with Crippen LogP contribution >= 0.6 is 0 Å². The molecule has 1 aromatic heterocycles. The summed E-state index contributed by atoms with van der Waals surface area (Å²) in [5.41, 5.74) is 3.52. The molecule has 1 aliphatic heterocycles. The summed E-state index contributed by atoms with van der Waals surface area (Å²) in [4.78, 5) is 4.73. The Balaban J connectivity index is 1.97. The molecule has 0 bridgehead atoms. The first-order chi connectivity index (χ1) is 8.78. The summed E-state index contributed by atoms with van der Waals surface area (Å²) in [5, 5.41) is 9.25. The normalized spacial score (nSPS) is 18.7. The fourth-order valence-electron chi connectivity index (χ4n) is 2.65. The van der Waals surface area contributed by atoms with Gasteiger partial charge in [0.2, 0.25) is 0 Å². The van der Waals surface area contributed by atoms with Crippen LogP contribution in [-0.4, -0.2) is 21.3 Å². The largest absolute Gasteiger partial charge is 0.396 e. The Kier molecular flexibility index (Phi) is 2.92. The van der Waals surface area contributed by atoms with E-state index in [1.54, 1.807) is 0 Å². The monoisotopic (exact) mass is 242 g/mol. The quantitative estimate of drug-likeness (QED) is 0.878. The lowest BCUT2D eigenvalue weighted by molar-refractivity contribution is 0.190. The van der Waals surface area contributed by atoms with Crippen LogP contribution in [0.15, 0.2) is 30.5 Å². The van der Waals surface area contributed by atoms with E-state index in [0.29, 0.717) is 5.92 Å². The molecule has 0 aliphatic carbocycles. The number of hydrogen-bond donors (Lipinski definition) is 1. The molecule has 1 unspecified atom stereocenters. The number of rotatable bonds is 2. The zero-order valence-electron chi connectivity index (χ0n) is 10.6. The van der Waals surface area contributed by atoms with Gasteiger partial charge in [0.15, 0.2) is 0 Å². The Labute approximate surface area is 107 Å². The number of aliphatic hydroxyl groups excluding tert-OH is 1. The molecule has 1 aliphatic rings. The maximum Gasteiger partial charge on any atom is 0.109 e. The molecule has 1 N–H and O–H groups in total. The SMILES string of the molecule is Cc1ccccc1-c1cn2c(n1)CCC(CO)C2. The second-order valence-corrected chi connectivity index (χ2v) is 5.10. The van der Waals surface area contributed by atoms with Crippen LogP contribution in [0.2, 0.25) is 0 Å². The van der Waals surface area contributed by atoms with Gasteiger partial charge in [-0.3, -0.25) is 0 Å². The van der Waals surface area contributed by atoms with Crippen molar-refractivity contribution in [2.24, 2.45) is 5.92 Å². The Hall–Kier alpha value is -1.61. The third-order valence-corrected chi connectivity index (χ3v) is 3.77. The zero-order valence-corrected chi connectivity index (χ0v) is 10.6. The smallest absolute Gasteiger partial charge is 0.109 e. The van der Waals surface area contributed by atoms with Gasteiger partial charge >= 0.3 is 0 Å². The predicted octanol–water partition coefficient (Wildman–Crippen LogP) is 2.41. The first-order valence-corrected chi connectivity index (χ1v) is 6.51. The molecule has 1 atom stereocenters. The molecule has 2 aromatic rings. The lowest BCUT2D eigenvalue weighted by Gasteiger charge is -2.21. The van der Waals surface area contributed by atoms with Gasteiger partial charge in [0.25, 0.3) is 0 Å². The van der Waals surface area contributed by atoms with Crippen LogP contribution in [0.3, 0.4) is 0 Å². The first kappa shape index (κ1) is 11.5. The van der Waals surface area contributed by atoms with E-state index < -0.39 is 0 Å². The van der Waals surface area contributed by atoms with E-state index in [9.17, 15) is 5.11 Å². The number of aromatic nitrogens is 2. The van der Waals surface area contributed by atoms with E-state index in [-0.39, 0.29) is 6.61 Å². The minimum atomic E-state index is 0.275. The van der Waals surface area contributed by atoms with Crippen molar-refractivity contribution in [2.45, 2.75) is 26.3 Å². The van der Waals surface area contributed by atoms with Gasteiger partial charge in [-0.05, 0) is 18.9 Å². The molecule has 0 spiro atoms. The van der Waals surface area contributed by atoms with Crippen molar-refractivity contribution in [1.82, 2.24) is 9.55 Å². The van der Waals surface area contributed by atoms with Crippen LogP contribution < -0.4 is 0 Å². The highest BCUT2D eigenvalue weighted by Crippen LogP contribution is 2.26. The van der Waals surface area contributed by atoms with Crippen molar-refractivity contribution in [3.8, 4) is 11.3 Å². The van der Waals surface area contributed by atoms with Gasteiger partial charge < -0.3 is 9.67 Å². The van der Waals surface area contributed by atoms with E-state index in [1.807, 2.05) is 0 Å². The summed E-state index contributed by atoms with van der Waals surface area (Å²) in [6.45, 7) is 3.28. The van der Waals surface area contributed by atoms with Crippen LogP contribution in [0.5, 0.6) is 0 Å². The molecule has 94 valence electrons. The van der Waals surface area contributed by atoms with E-state index in [1.165, 1.54) is 11.1 Å². The lowest BCUT2D eigenvalue weighted by Crippen LogP contribution is -2.22. The Morgan fingerprint density at radius 3 is 3.00 bits per heavy atom. The highest BCUT2D eigenvalue weighted by Gasteiger charge is 2.20. The third-order valence-electron chi connectivity index (χ3n) is 3.77. The number of imidazole rings is 1. The maximum absolute atomic E-state index is 9.25. The van der Waals surface area contributed by atoms with Gasteiger partial charge in [-0.1, -0.05) is 24.3 Å². The second-order valence-electron chi connectivity index (χ2n) is 5.10. The molecule has 3 heteroatoms. The van der Waals surface area contributed by atoms with Gasteiger partial charge in [-0.2, -0.15) is 0 Å². The van der Waals surface area contributed by atoms with Gasteiger partial charge in [-0.25, -0.2) is 4.98 Å². The molecule has 0 saturated carbocycles. The van der Waals surface area contributed by atoms with Crippen molar-refractivity contribution >= 4 is 0 Å². The summed E-state index contributed by atoms with van der Waals surface area (Å²) < 4.78 is 2.20. The molecule has 0 amide bonds. The van der Waals surface area contributed by atoms with Crippen LogP contribution in [-0.2, 0) is 13.0 Å². The molecule has 1 aromatic carbocycles. The third kappa shape index (κ3) is 1.95. The molecule has 0 radical (unpaired) electrons. The number of fused-ring (bicyclic) bond motifs is 1. The average molecular weight is 242 g/mol. The fraction of sp³-hybridized carbons (Fsp3) is 0.400. The second kappa shape index (κ2) is 4.58. The van der Waals surface area contributed by atoms with Crippen LogP contribution in [0, 0.1) is 12.8 Å². The summed E-state index contributed by atoms with van der Waals surface area (Å²) in [6, 6.07) is 8.34. The highest BCUT2D eigenvalue weighted by atomic mass is 16.3. The van der Waals surface area contributed by atoms with E-state index in [0.717, 1.165) is 30.9 Å². The number of aliphatic hydroxyl groups is 1. The van der Waals surface area contributed by atoms with Gasteiger partial charge in [0.1, 0.15) is 5.82 Å². The van der Waals surface area contributed by atoms with Crippen molar-refractivity contribution < 1.29 is 5.11 Å². The highest BCUT2D eigenvalue weighted by molar-refractivity contribution is 5.62. The molecular formula is C15H18N2O. The molecule has 3 nitrogen and oxygen atoms in total. The van der Waals surface area contributed by atoms with Crippen LogP contribution in [0.1, 0.15) is 17.8 Å². The zero-order chi connectivity index (χ0) is 12.5. The van der Waals surface area contributed by atoms with E-state index in [4.69, 9.17) is 4.98 Å². The summed E-state index contributed by atoms with van der Waals surface area (Å²) >= 11 is 0. The van der Waals surface area contributed by atoms with Crippen molar-refractivity contribution in [3.05, 3.63) is 41.9 Å². The topological polar surface area (TPSA) is 38.0 Å². The standard InChI is InChI=1S/C15H18N2O/c1-11-4-2-3-5-13(11)14-9-17-8-12(10-18)6-7-15(17)16-14/h2-5,9,12,18H,6-8,10H2,1H3. The first-order valence-electron chi connectivity index (χ1n) is 6.51. The maximum atomic E-state index is 9.25. The summed E-state index contributed by atoms with van der Waals surface area (Å²) in [5.74, 6) is 1.54. The number of benzene rings is 1. The summed E-state index contributed by atoms with van der Waals surface area (Å²) in [7, 11) is 0. The Morgan fingerprint density at radius 2 is 2.22 bits per heavy atom. The number of nitrogens with zero attached hydrogens (tertiary/aromatic N) is 2. The van der Waals surface area contributed by atoms with Crippen molar-refractivity contribution in [1.29, 1.82) is 0 Å². The molecule has 2 heterocycles. The van der Waals surface area contributed by atoms with Crippen LogP contribution in [0.4, 0.5) is 0 Å². The Bertz CT molecular complexity index is 559. The van der Waals surface area contributed by atoms with Gasteiger partial charge in [0.05, 0.1) is 5.69 Å². The van der Waals surface area contributed by atoms with Crippen molar-refractivity contribution in [3.63, 3.8) is 0 Å². The van der Waals surface area contributed by atoms with E-state index >= 15 is 0 Å². The molecular weight excluding hydrogens is 224 g/mol. The minimum Gasteiger partial charge on any atom is -0.396 e. The van der Waals surface area contributed by atoms with Crippen LogP contribution in [0.25, 0.3) is 11.3 Å². The molecule has 0 saturated heterocycles. The number of aryl methyl sites for hydroxylation is 2.